The van der Waals surface area contributed by atoms with Crippen molar-refractivity contribution in [2.24, 2.45) is 15.7 Å². The molecule has 426 valence electrons. The number of rotatable bonds is 6. The van der Waals surface area contributed by atoms with Crippen LogP contribution in [-0.4, -0.2) is 160 Å². The highest BCUT2D eigenvalue weighted by Crippen LogP contribution is 2.23. The zero-order chi connectivity index (χ0) is 58.7. The van der Waals surface area contributed by atoms with E-state index in [0.29, 0.717) is 54.6 Å². The van der Waals surface area contributed by atoms with E-state index in [-0.39, 0.29) is 41.3 Å². The Morgan fingerprint density at radius 1 is 0.769 bits per heavy atom. The lowest BCUT2D eigenvalue weighted by atomic mass is 10.1. The molecular formula is C43H48Br3Cl2F6N15O9. The Kier molecular flexibility index (Phi) is 24.9. The first kappa shape index (κ1) is 65.3. The van der Waals surface area contributed by atoms with E-state index in [2.05, 4.69) is 104 Å². The Bertz CT molecular complexity index is 2840. The van der Waals surface area contributed by atoms with Crippen LogP contribution in [-0.2, 0) is 14.3 Å². The summed E-state index contributed by atoms with van der Waals surface area (Å²) < 4.78 is 71.2. The van der Waals surface area contributed by atoms with Crippen LogP contribution in [0.1, 0.15) is 57.9 Å². The van der Waals surface area contributed by atoms with Gasteiger partial charge in [-0.1, -0.05) is 30.4 Å². The number of carboxylic acids is 2. The first-order valence-electron chi connectivity index (χ1n) is 21.7. The van der Waals surface area contributed by atoms with Crippen LogP contribution < -0.4 is 32.7 Å². The van der Waals surface area contributed by atoms with Crippen LogP contribution in [0.3, 0.4) is 0 Å². The van der Waals surface area contributed by atoms with Crippen LogP contribution in [0.4, 0.5) is 37.1 Å². The van der Waals surface area contributed by atoms with E-state index in [1.807, 2.05) is 30.4 Å². The number of aliphatic imine (C=N–C) groups is 2. The number of anilines is 1. The van der Waals surface area contributed by atoms with Crippen LogP contribution >= 0.6 is 71.0 Å². The Hall–Kier alpha value is -6.97. The fourth-order valence-corrected chi connectivity index (χ4v) is 7.23. The average molecular weight is 1340 g/mol. The van der Waals surface area contributed by atoms with Crippen molar-refractivity contribution in [1.82, 2.24) is 56.0 Å². The predicted octanol–water partition coefficient (Wildman–Crippen LogP) is 6.58. The smallest absolute Gasteiger partial charge is 0.475 e. The van der Waals surface area contributed by atoms with E-state index in [4.69, 9.17) is 59.2 Å². The monoisotopic (exact) mass is 1340 g/mol. The quantitative estimate of drug-likeness (QED) is 0.0551. The van der Waals surface area contributed by atoms with E-state index in [9.17, 15) is 45.5 Å². The van der Waals surface area contributed by atoms with Crippen molar-refractivity contribution in [2.45, 2.75) is 63.1 Å². The van der Waals surface area contributed by atoms with Crippen molar-refractivity contribution in [3.63, 3.8) is 0 Å². The van der Waals surface area contributed by atoms with Crippen LogP contribution in [0.25, 0.3) is 6.08 Å². The minimum Gasteiger partial charge on any atom is -0.475 e. The molecule has 78 heavy (non-hydrogen) atoms. The first-order valence-corrected chi connectivity index (χ1v) is 25.2. The average Bonchev–Trinajstić information content (AvgIpc) is 4.22. The Morgan fingerprint density at radius 2 is 1.21 bits per heavy atom. The molecule has 0 fully saturated rings. The highest BCUT2D eigenvalue weighted by molar-refractivity contribution is 9.11. The number of carbonyl (C=O) groups is 6. The van der Waals surface area contributed by atoms with Crippen molar-refractivity contribution in [3.05, 3.63) is 110 Å². The van der Waals surface area contributed by atoms with E-state index in [0.717, 1.165) is 19.1 Å². The number of imidazole rings is 1. The number of nitrogens with two attached hydrogens (primary N) is 2. The third-order valence-electron chi connectivity index (χ3n) is 9.29. The molecule has 8 heterocycles. The van der Waals surface area contributed by atoms with Gasteiger partial charge in [0.25, 0.3) is 17.7 Å². The van der Waals surface area contributed by atoms with E-state index in [1.165, 1.54) is 0 Å². The Labute approximate surface area is 473 Å². The molecule has 4 atom stereocenters. The van der Waals surface area contributed by atoms with E-state index >= 15 is 0 Å². The summed E-state index contributed by atoms with van der Waals surface area (Å²) in [7, 11) is 0. The number of aliphatic carboxylic acids is 2. The number of carboxylic acid groups (broad SMARTS) is 2. The molecule has 0 saturated heterocycles. The fourth-order valence-electron chi connectivity index (χ4n) is 6.20. The molecule has 14 N–H and O–H groups in total. The molecule has 0 aliphatic carbocycles. The number of hydrogen-bond donors (Lipinski definition) is 12. The molecule has 8 rings (SSSR count). The number of amides is 4. The summed E-state index contributed by atoms with van der Waals surface area (Å²) in [5.41, 5.74) is 12.8. The van der Waals surface area contributed by atoms with Gasteiger partial charge in [0, 0.05) is 51.6 Å². The highest BCUT2D eigenvalue weighted by atomic mass is 79.9. The van der Waals surface area contributed by atoms with Crippen molar-refractivity contribution in [2.75, 3.05) is 30.7 Å². The SMILES string of the molecule is CC(C)(C)OC(=O)NC1=NC2C(C=CCN2C(=O)c2cc(Br)c[nH]2)N1.ClCCl.NC1=NC2C(C=CCN2C(=O)c2cc(Br)c[nH]2)N1.Nc1ncc(/C=C\CNC(=O)c2cc(Br)c[nH]2)[nH]1.O=C(O)C(F)(F)F.O=C(O)C(F)(F)F. The largest absolute Gasteiger partial charge is 0.490 e. The second kappa shape index (κ2) is 29.7. The number of halogens is 11. The number of H-pyrrole nitrogens is 4. The lowest BCUT2D eigenvalue weighted by molar-refractivity contribution is -0.193. The van der Waals surface area contributed by atoms with Gasteiger partial charge in [-0.15, -0.1) is 23.2 Å². The number of nitrogen functional groups attached to an aromatic ring is 1. The zero-order valence-corrected chi connectivity index (χ0v) is 46.7. The normalized spacial score (nSPS) is 17.8. The minimum absolute atomic E-state index is 0.0268. The molecular weight excluding hydrogens is 1300 g/mol. The number of fused-ring (bicyclic) bond motifs is 2. The van der Waals surface area contributed by atoms with Gasteiger partial charge in [-0.25, -0.2) is 29.4 Å². The second-order valence-corrected chi connectivity index (χ2v) is 19.9. The molecule has 0 saturated carbocycles. The summed E-state index contributed by atoms with van der Waals surface area (Å²) in [5.74, 6) is -4.87. The van der Waals surface area contributed by atoms with Crippen LogP contribution in [0.15, 0.2) is 96.8 Å². The fraction of sp³-hybridized carbons (Fsp3) is 0.326. The van der Waals surface area contributed by atoms with Gasteiger partial charge in [-0.2, -0.15) is 26.3 Å². The molecule has 4 aromatic rings. The summed E-state index contributed by atoms with van der Waals surface area (Å²) >= 11 is 19.4. The van der Waals surface area contributed by atoms with Crippen molar-refractivity contribution in [1.29, 1.82) is 0 Å². The topological polar surface area (TPSA) is 360 Å². The third kappa shape index (κ3) is 21.8. The van der Waals surface area contributed by atoms with Crippen LogP contribution in [0.2, 0.25) is 0 Å². The number of alkyl halides is 8. The molecule has 4 aliphatic heterocycles. The van der Waals surface area contributed by atoms with E-state index < -0.39 is 42.2 Å². The van der Waals surface area contributed by atoms with Gasteiger partial charge < -0.3 is 72.1 Å². The summed E-state index contributed by atoms with van der Waals surface area (Å²) in [6, 6.07) is 4.98. The van der Waals surface area contributed by atoms with Gasteiger partial charge in [0.2, 0.25) is 5.96 Å². The standard InChI is InChI=1S/C16H20BrN5O3.2C11H12BrN5O.2C2HF3O2.CH2Cl2/c1-16(2,3)25-15(24)21-14-19-10-5-4-6-22(12(10)20-14)13(23)11-7-9(17)8-18-11;12-6-4-8(14-5-6)10(18)17-3-1-2-7-9(17)16-11(13)15-7;12-7-4-9(15-5-7)10(18)14-3-1-2-8-6-16-11(13)17-8;2*3-2(4,5)1(6)7;2-1-3/h4-5,7-8,10,12,18H,6H2,1-3H3,(H2,19,20,21,24);1-2,4-5,7,9,14H,3H2,(H3,13,15,16);1-2,4-6,15H,3H2,(H,14,18)(H3,13,16,17);2*(H,6,7);1H2/b;;2-1-;;;. The number of guanidine groups is 2. The first-order chi connectivity index (χ1) is 36.3. The minimum atomic E-state index is -5.08. The number of aromatic nitrogens is 5. The number of nitrogens with zero attached hydrogens (tertiary/aromatic N) is 5. The Balaban J connectivity index is 0.000000271. The highest BCUT2D eigenvalue weighted by Gasteiger charge is 2.40. The summed E-state index contributed by atoms with van der Waals surface area (Å²) in [4.78, 5) is 93.8. The molecule has 24 nitrogen and oxygen atoms in total. The number of hydrogen-bond acceptors (Lipinski definition) is 14. The maximum Gasteiger partial charge on any atom is 0.490 e. The van der Waals surface area contributed by atoms with Crippen LogP contribution in [0, 0.1) is 0 Å². The van der Waals surface area contributed by atoms with Gasteiger partial charge in [0.15, 0.2) is 24.2 Å². The lowest BCUT2D eigenvalue weighted by Crippen LogP contribution is -2.50. The lowest BCUT2D eigenvalue weighted by Gasteiger charge is -2.31. The molecule has 0 aromatic carbocycles. The summed E-state index contributed by atoms with van der Waals surface area (Å²) in [6.07, 6.45) is 6.70. The molecule has 4 unspecified atom stereocenters. The maximum absolute atomic E-state index is 12.7. The van der Waals surface area contributed by atoms with Crippen LogP contribution in [0.5, 0.6) is 0 Å². The summed E-state index contributed by atoms with van der Waals surface area (Å²) in [5, 5.41) is 25.9. The van der Waals surface area contributed by atoms with Crippen molar-refractivity contribution >= 4 is 131 Å². The molecule has 0 bridgehead atoms. The number of carbonyl (C=O) groups excluding carboxylic acids is 4. The van der Waals surface area contributed by atoms with Gasteiger partial charge >= 0.3 is 30.4 Å². The molecule has 4 amide bonds. The molecule has 35 heteroatoms. The van der Waals surface area contributed by atoms with Gasteiger partial charge in [-0.05, 0) is 92.8 Å². The van der Waals surface area contributed by atoms with Crippen molar-refractivity contribution < 1.29 is 70.1 Å². The van der Waals surface area contributed by atoms with Gasteiger partial charge in [0.05, 0.1) is 29.3 Å². The number of ether oxygens (including phenoxy) is 1. The molecule has 0 spiro atoms. The molecule has 4 aromatic heterocycles. The number of aromatic amines is 4. The maximum atomic E-state index is 12.7. The van der Waals surface area contributed by atoms with Gasteiger partial charge in [-0.3, -0.25) is 19.7 Å². The van der Waals surface area contributed by atoms with Crippen molar-refractivity contribution in [3.8, 4) is 0 Å². The molecule has 0 radical (unpaired) electrons. The van der Waals surface area contributed by atoms with E-state index in [1.54, 1.807) is 79.6 Å². The van der Waals surface area contributed by atoms with Gasteiger partial charge in [0.1, 0.15) is 22.7 Å². The number of alkyl carbamates (subject to hydrolysis) is 1. The zero-order valence-electron chi connectivity index (χ0n) is 40.4. The number of nitrogens with one attached hydrogen (secondary N) is 8. The second-order valence-electron chi connectivity index (χ2n) is 16.3. The summed E-state index contributed by atoms with van der Waals surface area (Å²) in [6.45, 7) is 6.76. The third-order valence-corrected chi connectivity index (χ3v) is 10.7. The predicted molar refractivity (Wildman–Crippen MR) is 284 cm³/mol. The Morgan fingerprint density at radius 3 is 1.60 bits per heavy atom. The molecule has 4 aliphatic rings.